The van der Waals surface area contributed by atoms with Gasteiger partial charge in [0.1, 0.15) is 69.5 Å². The number of nitrogens with zero attached hydrogens (tertiary/aromatic N) is 15. The van der Waals surface area contributed by atoms with Crippen LogP contribution < -0.4 is 20.1 Å². The maximum Gasteiger partial charge on any atom is 0.246 e. The lowest BCUT2D eigenvalue weighted by Gasteiger charge is -2.24. The number of anilines is 4. The number of amides is 2. The number of benzene rings is 2. The highest BCUT2D eigenvalue weighted by molar-refractivity contribution is 5.94. The minimum atomic E-state index is -0.535. The Bertz CT molecular complexity index is 4180. The molecular formula is C57H46FN17O4. The van der Waals surface area contributed by atoms with E-state index in [0.29, 0.717) is 124 Å². The third-order valence-corrected chi connectivity index (χ3v) is 13.1. The zero-order chi connectivity index (χ0) is 54.6. The SMILES string of the molecule is C=CC(=O)N1CC=C(c2ncc3ncc(C#N)c(Nc4ccc(Oc5ccn6ncnc6c5)c(C)c4)c3n2)CC1.C=CC(=O)N1CC=C(c2ncc3ncc(F)c(Nc4ccc(Oc5ccn6ncnc6c5)c(C)c4)c3n2)CC1. The average molecular weight is 1050 g/mol. The molecule has 10 aromatic rings. The zero-order valence-electron chi connectivity index (χ0n) is 42.6. The third-order valence-electron chi connectivity index (χ3n) is 13.1. The number of pyridine rings is 4. The van der Waals surface area contributed by atoms with Crippen LogP contribution in [0.4, 0.5) is 27.1 Å². The molecule has 0 spiro atoms. The predicted octanol–water partition coefficient (Wildman–Crippen LogP) is 9.44. The summed E-state index contributed by atoms with van der Waals surface area (Å²) in [5, 5.41) is 24.6. The number of carbonyl (C=O) groups excluding carboxylic acids is 2. The molecule has 2 aromatic carbocycles. The van der Waals surface area contributed by atoms with Crippen molar-refractivity contribution < 1.29 is 23.5 Å². The van der Waals surface area contributed by atoms with Crippen LogP contribution in [0, 0.1) is 31.0 Å². The molecule has 2 aliphatic rings. The molecule has 8 aromatic heterocycles. The Labute approximate surface area is 449 Å². The highest BCUT2D eigenvalue weighted by Crippen LogP contribution is 2.35. The first-order chi connectivity index (χ1) is 38.5. The first-order valence-corrected chi connectivity index (χ1v) is 24.8. The van der Waals surface area contributed by atoms with Gasteiger partial charge in [-0.05, 0) is 110 Å². The smallest absolute Gasteiger partial charge is 0.246 e. The number of hydrogen-bond donors (Lipinski definition) is 2. The van der Waals surface area contributed by atoms with Gasteiger partial charge >= 0.3 is 0 Å². The summed E-state index contributed by atoms with van der Waals surface area (Å²) in [6, 6.07) is 20.6. The van der Waals surface area contributed by atoms with Gasteiger partial charge < -0.3 is 29.9 Å². The molecular weight excluding hydrogens is 1010 g/mol. The minimum absolute atomic E-state index is 0.104. The summed E-state index contributed by atoms with van der Waals surface area (Å²) in [6.45, 7) is 12.9. The van der Waals surface area contributed by atoms with Crippen LogP contribution in [0.25, 0.3) is 44.5 Å². The van der Waals surface area contributed by atoms with E-state index < -0.39 is 5.82 Å². The largest absolute Gasteiger partial charge is 0.457 e. The molecule has 0 fully saturated rings. The van der Waals surface area contributed by atoms with Gasteiger partial charge in [0.05, 0.1) is 29.8 Å². The summed E-state index contributed by atoms with van der Waals surface area (Å²) in [6.07, 6.45) is 20.1. The zero-order valence-corrected chi connectivity index (χ0v) is 42.6. The van der Waals surface area contributed by atoms with Crippen molar-refractivity contribution in [3.63, 3.8) is 0 Å². The maximum atomic E-state index is 15.0. The van der Waals surface area contributed by atoms with Crippen LogP contribution in [0.15, 0.2) is 148 Å². The fourth-order valence-electron chi connectivity index (χ4n) is 8.93. The Kier molecular flexibility index (Phi) is 13.9. The molecule has 22 heteroatoms. The van der Waals surface area contributed by atoms with Gasteiger partial charge in [-0.15, -0.1) is 0 Å². The fourth-order valence-corrected chi connectivity index (χ4v) is 8.93. The molecule has 0 saturated heterocycles. The van der Waals surface area contributed by atoms with Gasteiger partial charge in [0.2, 0.25) is 11.8 Å². The van der Waals surface area contributed by atoms with Crippen LogP contribution in [0.2, 0.25) is 0 Å². The number of ether oxygens (including phenoxy) is 2. The summed E-state index contributed by atoms with van der Waals surface area (Å²) < 4.78 is 30.5. The number of rotatable bonds is 12. The van der Waals surface area contributed by atoms with Gasteiger partial charge in [-0.1, -0.05) is 25.3 Å². The second-order valence-corrected chi connectivity index (χ2v) is 18.2. The Hall–Kier alpha value is -10.8. The lowest BCUT2D eigenvalue weighted by atomic mass is 10.1. The summed E-state index contributed by atoms with van der Waals surface area (Å²) in [4.78, 5) is 62.5. The molecule has 2 aliphatic heterocycles. The number of fused-ring (bicyclic) bond motifs is 4. The Morgan fingerprint density at radius 3 is 1.61 bits per heavy atom. The van der Waals surface area contributed by atoms with E-state index in [1.165, 1.54) is 31.0 Å². The number of hydrogen-bond acceptors (Lipinski definition) is 17. The van der Waals surface area contributed by atoms with Crippen molar-refractivity contribution in [2.24, 2.45) is 0 Å². The third kappa shape index (κ3) is 10.7. The van der Waals surface area contributed by atoms with Crippen molar-refractivity contribution in [1.29, 1.82) is 5.26 Å². The van der Waals surface area contributed by atoms with Crippen molar-refractivity contribution in [1.82, 2.24) is 68.9 Å². The maximum absolute atomic E-state index is 15.0. The molecule has 2 N–H and O–H groups in total. The van der Waals surface area contributed by atoms with E-state index >= 15 is 4.39 Å². The quantitative estimate of drug-likeness (QED) is 0.108. The molecule has 0 atom stereocenters. The van der Waals surface area contributed by atoms with E-state index in [2.05, 4.69) is 74.9 Å². The first-order valence-electron chi connectivity index (χ1n) is 24.8. The van der Waals surface area contributed by atoms with Gasteiger partial charge in [0, 0.05) is 68.3 Å². The monoisotopic (exact) mass is 1050 g/mol. The molecule has 0 unspecified atom stereocenters. The highest BCUT2D eigenvalue weighted by Gasteiger charge is 2.22. The lowest BCUT2D eigenvalue weighted by Crippen LogP contribution is -2.33. The van der Waals surface area contributed by atoms with E-state index in [0.717, 1.165) is 34.2 Å². The van der Waals surface area contributed by atoms with Gasteiger partial charge in [-0.3, -0.25) is 14.6 Å². The highest BCUT2D eigenvalue weighted by atomic mass is 19.1. The molecule has 10 heterocycles. The summed E-state index contributed by atoms with van der Waals surface area (Å²) in [5.74, 6) is 2.88. The van der Waals surface area contributed by atoms with E-state index in [-0.39, 0.29) is 17.5 Å². The van der Waals surface area contributed by atoms with Crippen LogP contribution in [0.5, 0.6) is 23.0 Å². The lowest BCUT2D eigenvalue weighted by molar-refractivity contribution is -0.126. The number of halogens is 1. The number of nitrogens with one attached hydrogen (secondary N) is 2. The number of carbonyl (C=O) groups is 2. The Morgan fingerprint density at radius 2 is 1.14 bits per heavy atom. The summed E-state index contributed by atoms with van der Waals surface area (Å²) in [5.41, 5.74) is 9.39. The minimum Gasteiger partial charge on any atom is -0.457 e. The molecule has 0 saturated carbocycles. The number of aryl methyl sites for hydroxylation is 2. The average Bonchev–Trinajstić information content (AvgIpc) is 4.25. The first kappa shape index (κ1) is 50.3. The van der Waals surface area contributed by atoms with Crippen molar-refractivity contribution >= 4 is 79.1 Å². The van der Waals surface area contributed by atoms with E-state index in [4.69, 9.17) is 14.5 Å². The second kappa shape index (κ2) is 21.8. The van der Waals surface area contributed by atoms with Crippen molar-refractivity contribution in [3.8, 4) is 29.1 Å². The topological polar surface area (TPSA) is 245 Å². The molecule has 21 nitrogen and oxygen atoms in total. The summed E-state index contributed by atoms with van der Waals surface area (Å²) in [7, 11) is 0. The molecule has 2 amide bonds. The van der Waals surface area contributed by atoms with Gasteiger partial charge in [-0.2, -0.15) is 15.5 Å². The van der Waals surface area contributed by atoms with E-state index in [1.54, 1.807) is 61.8 Å². The van der Waals surface area contributed by atoms with E-state index in [1.807, 2.05) is 68.5 Å². The van der Waals surface area contributed by atoms with Crippen LogP contribution in [-0.2, 0) is 9.59 Å². The van der Waals surface area contributed by atoms with Crippen LogP contribution in [0.3, 0.4) is 0 Å². The normalized spacial score (nSPS) is 13.2. The van der Waals surface area contributed by atoms with Crippen LogP contribution >= 0.6 is 0 Å². The predicted molar refractivity (Wildman–Crippen MR) is 293 cm³/mol. The standard InChI is InChI=1S/C29H23N9O2.C28H23FN8O2/c1-3-26(39)37-9-6-19(7-10-37)29-32-16-23-28(36-29)27(20(14-30)15-31-23)35-21-4-5-24(18(2)12-21)40-22-8-11-38-25(13-22)33-17-34-38;1-3-25(38)36-9-6-18(7-10-36)28-31-15-22-27(35-28)26(21(29)14-30-22)34-19-4-5-23(17(2)12-19)39-20-8-11-37-24(13-20)32-16-33-37/h3-6,8,11-13,15-17H,1,7,9-10H2,2H3,(H,31,35);3-6,8,11-16H,1,7,9-10H2,2H3,(H,30,34). The van der Waals surface area contributed by atoms with Gasteiger partial charge in [-0.25, -0.2) is 48.3 Å². The molecule has 79 heavy (non-hydrogen) atoms. The Morgan fingerprint density at radius 1 is 0.646 bits per heavy atom. The van der Waals surface area contributed by atoms with E-state index in [9.17, 15) is 14.9 Å². The van der Waals surface area contributed by atoms with Crippen LogP contribution in [-0.4, -0.2) is 107 Å². The van der Waals surface area contributed by atoms with Crippen LogP contribution in [0.1, 0.15) is 41.2 Å². The molecule has 390 valence electrons. The molecule has 12 rings (SSSR count). The fraction of sp³-hybridized carbons (Fsp3) is 0.140. The summed E-state index contributed by atoms with van der Waals surface area (Å²) >= 11 is 0. The number of aromatic nitrogens is 12. The molecule has 0 aliphatic carbocycles. The second-order valence-electron chi connectivity index (χ2n) is 18.2. The Balaban J connectivity index is 0.000000167. The van der Waals surface area contributed by atoms with Gasteiger partial charge in [0.25, 0.3) is 0 Å². The molecule has 0 radical (unpaired) electrons. The van der Waals surface area contributed by atoms with Crippen molar-refractivity contribution in [3.05, 3.63) is 182 Å². The van der Waals surface area contributed by atoms with Gasteiger partial charge in [0.15, 0.2) is 28.8 Å². The van der Waals surface area contributed by atoms with Crippen molar-refractivity contribution in [2.75, 3.05) is 36.8 Å². The number of nitriles is 1. The molecule has 0 bridgehead atoms. The van der Waals surface area contributed by atoms with Crippen molar-refractivity contribution in [2.45, 2.75) is 26.7 Å².